The molecule has 0 aliphatic carbocycles. The van der Waals surface area contributed by atoms with Gasteiger partial charge in [0.15, 0.2) is 0 Å². The molecule has 2 aromatic carbocycles. The van der Waals surface area contributed by atoms with Crippen molar-refractivity contribution in [2.45, 2.75) is 25.6 Å². The molecule has 0 saturated carbocycles. The van der Waals surface area contributed by atoms with Gasteiger partial charge in [0.25, 0.3) is 0 Å². The second-order valence-corrected chi connectivity index (χ2v) is 4.98. The molecule has 0 aliphatic rings. The number of nitrogens with one attached hydrogen (secondary N) is 1. The zero-order valence-corrected chi connectivity index (χ0v) is 11.8. The van der Waals surface area contributed by atoms with Crippen LogP contribution in [0.3, 0.4) is 0 Å². The van der Waals surface area contributed by atoms with E-state index in [-0.39, 0.29) is 11.9 Å². The van der Waals surface area contributed by atoms with E-state index >= 15 is 0 Å². The van der Waals surface area contributed by atoms with Crippen molar-refractivity contribution in [3.05, 3.63) is 71.0 Å². The summed E-state index contributed by atoms with van der Waals surface area (Å²) >= 11 is 0. The summed E-state index contributed by atoms with van der Waals surface area (Å²) in [4.78, 5) is 0. The zero-order chi connectivity index (χ0) is 15.2. The molecule has 0 radical (unpaired) electrons. The van der Waals surface area contributed by atoms with Crippen molar-refractivity contribution in [1.29, 1.82) is 5.26 Å². The Morgan fingerprint density at radius 2 is 1.95 bits per heavy atom. The van der Waals surface area contributed by atoms with Gasteiger partial charge in [-0.1, -0.05) is 24.3 Å². The quantitative estimate of drug-likeness (QED) is 0.887. The van der Waals surface area contributed by atoms with Crippen molar-refractivity contribution < 1.29 is 9.50 Å². The summed E-state index contributed by atoms with van der Waals surface area (Å²) in [5.74, 6) is -0.320. The fourth-order valence-electron chi connectivity index (χ4n) is 2.09. The summed E-state index contributed by atoms with van der Waals surface area (Å²) in [7, 11) is 0. The Labute approximate surface area is 123 Å². The molecule has 3 nitrogen and oxygen atoms in total. The van der Waals surface area contributed by atoms with Crippen LogP contribution in [0, 0.1) is 17.1 Å². The van der Waals surface area contributed by atoms with E-state index in [9.17, 15) is 9.50 Å². The maximum absolute atomic E-state index is 12.9. The average Bonchev–Trinajstić information content (AvgIpc) is 2.53. The van der Waals surface area contributed by atoms with Crippen molar-refractivity contribution in [3.63, 3.8) is 0 Å². The van der Waals surface area contributed by atoms with Crippen LogP contribution in [0.25, 0.3) is 0 Å². The minimum Gasteiger partial charge on any atom is -0.387 e. The summed E-state index contributed by atoms with van der Waals surface area (Å²) in [5, 5.41) is 22.3. The minimum absolute atomic E-state index is 0.193. The largest absolute Gasteiger partial charge is 0.387 e. The lowest BCUT2D eigenvalue weighted by Crippen LogP contribution is -2.31. The van der Waals surface area contributed by atoms with Crippen LogP contribution >= 0.6 is 0 Å². The summed E-state index contributed by atoms with van der Waals surface area (Å²) in [6.07, 6.45) is -0.718. The van der Waals surface area contributed by atoms with E-state index in [1.165, 1.54) is 12.1 Å². The maximum atomic E-state index is 12.9. The number of hydrogen-bond acceptors (Lipinski definition) is 3. The van der Waals surface area contributed by atoms with Gasteiger partial charge in [0.05, 0.1) is 17.7 Å². The molecule has 2 unspecified atom stereocenters. The highest BCUT2D eigenvalue weighted by Crippen LogP contribution is 2.17. The average molecular weight is 284 g/mol. The highest BCUT2D eigenvalue weighted by Gasteiger charge is 2.15. The molecule has 0 aliphatic heterocycles. The van der Waals surface area contributed by atoms with E-state index in [0.717, 1.165) is 5.56 Å². The Morgan fingerprint density at radius 1 is 1.24 bits per heavy atom. The van der Waals surface area contributed by atoms with Gasteiger partial charge in [-0.3, -0.25) is 0 Å². The fraction of sp³-hybridized carbons (Fsp3) is 0.235. The van der Waals surface area contributed by atoms with Gasteiger partial charge >= 0.3 is 0 Å². The lowest BCUT2D eigenvalue weighted by Gasteiger charge is -2.20. The predicted molar refractivity (Wildman–Crippen MR) is 78.8 cm³/mol. The van der Waals surface area contributed by atoms with Gasteiger partial charge in [0, 0.05) is 12.6 Å². The van der Waals surface area contributed by atoms with E-state index in [4.69, 9.17) is 5.26 Å². The highest BCUT2D eigenvalue weighted by atomic mass is 19.1. The second kappa shape index (κ2) is 6.98. The molecule has 2 atom stereocenters. The molecular formula is C17H17FN2O. The molecule has 0 bridgehead atoms. The van der Waals surface area contributed by atoms with Crippen LogP contribution in [0.1, 0.15) is 29.7 Å². The number of halogens is 1. The van der Waals surface area contributed by atoms with Crippen LogP contribution in [0.2, 0.25) is 0 Å². The molecule has 0 saturated heterocycles. The lowest BCUT2D eigenvalue weighted by molar-refractivity contribution is 0.135. The van der Waals surface area contributed by atoms with Crippen LogP contribution in [0.5, 0.6) is 0 Å². The summed E-state index contributed by atoms with van der Waals surface area (Å²) in [6, 6.07) is 15.0. The van der Waals surface area contributed by atoms with Gasteiger partial charge < -0.3 is 10.4 Å². The molecular weight excluding hydrogens is 267 g/mol. The molecule has 0 spiro atoms. The second-order valence-electron chi connectivity index (χ2n) is 4.98. The summed E-state index contributed by atoms with van der Waals surface area (Å²) in [5.41, 5.74) is 2.26. The predicted octanol–water partition coefficient (Wildman–Crippen LogP) is 2.91. The van der Waals surface area contributed by atoms with E-state index in [1.54, 1.807) is 18.2 Å². The molecule has 2 rings (SSSR count). The monoisotopic (exact) mass is 284 g/mol. The maximum Gasteiger partial charge on any atom is 0.123 e. The third kappa shape index (κ3) is 4.12. The van der Waals surface area contributed by atoms with Gasteiger partial charge in [-0.15, -0.1) is 0 Å². The fourth-order valence-corrected chi connectivity index (χ4v) is 2.09. The van der Waals surface area contributed by atoms with Crippen LogP contribution in [-0.2, 0) is 6.54 Å². The standard InChI is InChI=1S/C17H17FN2O/c1-12(17(21)15-5-7-16(18)8-6-15)20-11-14-4-2-3-13(9-14)10-19/h2-9,12,17,20-21H,11H2,1H3. The van der Waals surface area contributed by atoms with E-state index < -0.39 is 6.10 Å². The Bertz CT molecular complexity index is 634. The first kappa shape index (κ1) is 15.2. The normalized spacial score (nSPS) is 13.4. The van der Waals surface area contributed by atoms with Crippen molar-refractivity contribution >= 4 is 0 Å². The Morgan fingerprint density at radius 3 is 2.62 bits per heavy atom. The van der Waals surface area contributed by atoms with Gasteiger partial charge in [-0.2, -0.15) is 5.26 Å². The van der Waals surface area contributed by atoms with Gasteiger partial charge in [0.2, 0.25) is 0 Å². The highest BCUT2D eigenvalue weighted by molar-refractivity contribution is 5.32. The molecule has 4 heteroatoms. The minimum atomic E-state index is -0.718. The first-order valence-corrected chi connectivity index (χ1v) is 6.76. The van der Waals surface area contributed by atoms with Gasteiger partial charge in [-0.25, -0.2) is 4.39 Å². The smallest absolute Gasteiger partial charge is 0.123 e. The van der Waals surface area contributed by atoms with Crippen molar-refractivity contribution in [3.8, 4) is 6.07 Å². The lowest BCUT2D eigenvalue weighted by atomic mass is 10.0. The Balaban J connectivity index is 1.96. The van der Waals surface area contributed by atoms with Crippen LogP contribution in [0.4, 0.5) is 4.39 Å². The third-order valence-electron chi connectivity index (χ3n) is 3.37. The topological polar surface area (TPSA) is 56.0 Å². The molecule has 2 aromatic rings. The first-order valence-electron chi connectivity index (χ1n) is 6.76. The number of nitriles is 1. The summed E-state index contributed by atoms with van der Waals surface area (Å²) < 4.78 is 12.9. The van der Waals surface area contributed by atoms with Crippen LogP contribution in [-0.4, -0.2) is 11.1 Å². The van der Waals surface area contributed by atoms with Crippen LogP contribution < -0.4 is 5.32 Å². The van der Waals surface area contributed by atoms with Crippen molar-refractivity contribution in [2.75, 3.05) is 0 Å². The number of aliphatic hydroxyl groups is 1. The molecule has 21 heavy (non-hydrogen) atoms. The SMILES string of the molecule is CC(NCc1cccc(C#N)c1)C(O)c1ccc(F)cc1. The third-order valence-corrected chi connectivity index (χ3v) is 3.37. The molecule has 108 valence electrons. The van der Waals surface area contributed by atoms with E-state index in [1.807, 2.05) is 25.1 Å². The number of rotatable bonds is 5. The number of benzene rings is 2. The van der Waals surface area contributed by atoms with E-state index in [2.05, 4.69) is 11.4 Å². The molecule has 0 aromatic heterocycles. The van der Waals surface area contributed by atoms with Crippen LogP contribution in [0.15, 0.2) is 48.5 Å². The molecule has 0 fully saturated rings. The van der Waals surface area contributed by atoms with Crippen molar-refractivity contribution in [1.82, 2.24) is 5.32 Å². The molecule has 2 N–H and O–H groups in total. The first-order chi connectivity index (χ1) is 10.1. The summed E-state index contributed by atoms with van der Waals surface area (Å²) in [6.45, 7) is 2.41. The Kier molecular flexibility index (Phi) is 5.04. The number of nitrogens with zero attached hydrogens (tertiary/aromatic N) is 1. The van der Waals surface area contributed by atoms with Crippen molar-refractivity contribution in [2.24, 2.45) is 0 Å². The van der Waals surface area contributed by atoms with Gasteiger partial charge in [-0.05, 0) is 42.3 Å². The zero-order valence-electron chi connectivity index (χ0n) is 11.8. The number of aliphatic hydroxyl groups excluding tert-OH is 1. The van der Waals surface area contributed by atoms with Gasteiger partial charge in [0.1, 0.15) is 5.82 Å². The molecule has 0 amide bonds. The van der Waals surface area contributed by atoms with E-state index in [0.29, 0.717) is 17.7 Å². The number of hydrogen-bond donors (Lipinski definition) is 2. The molecule has 0 heterocycles. The Hall–Kier alpha value is -2.22.